The van der Waals surface area contributed by atoms with Gasteiger partial charge in [0, 0.05) is 61.3 Å². The van der Waals surface area contributed by atoms with Crippen LogP contribution in [0.15, 0.2) is 67.0 Å². The quantitative estimate of drug-likeness (QED) is 0.389. The van der Waals surface area contributed by atoms with Gasteiger partial charge in [0.25, 0.3) is 5.91 Å². The number of pyridine rings is 1. The van der Waals surface area contributed by atoms with Gasteiger partial charge in [0.2, 0.25) is 0 Å². The van der Waals surface area contributed by atoms with Crippen molar-refractivity contribution in [3.8, 4) is 29.4 Å². The monoisotopic (exact) mass is 515 g/mol. The van der Waals surface area contributed by atoms with Crippen LogP contribution in [0.4, 0.5) is 5.69 Å². The lowest BCUT2D eigenvalue weighted by Gasteiger charge is -2.32. The summed E-state index contributed by atoms with van der Waals surface area (Å²) in [5.41, 5.74) is 6.12. The van der Waals surface area contributed by atoms with Gasteiger partial charge in [-0.05, 0) is 61.5 Å². The molecule has 2 N–H and O–H groups in total. The number of aromatic amines is 1. The molecule has 2 aromatic heterocycles. The highest BCUT2D eigenvalue weighted by Crippen LogP contribution is 2.17. The number of nitrogens with zero attached hydrogens (tertiary/aromatic N) is 5. The molecule has 0 saturated carbocycles. The van der Waals surface area contributed by atoms with E-state index in [2.05, 4.69) is 49.0 Å². The van der Waals surface area contributed by atoms with Crippen LogP contribution in [0.5, 0.6) is 0 Å². The number of benzene rings is 2. The Bertz CT molecular complexity index is 1560. The first kappa shape index (κ1) is 25.9. The Morgan fingerprint density at radius 3 is 2.49 bits per heavy atom. The zero-order valence-electron chi connectivity index (χ0n) is 22.0. The first-order valence-corrected chi connectivity index (χ1v) is 12.8. The van der Waals surface area contributed by atoms with Gasteiger partial charge in [-0.1, -0.05) is 30.0 Å². The summed E-state index contributed by atoms with van der Waals surface area (Å²) < 4.78 is 0. The van der Waals surface area contributed by atoms with Gasteiger partial charge in [0.05, 0.1) is 6.20 Å². The number of carbonyl (C=O) groups excluding carboxylic acids is 1. The van der Waals surface area contributed by atoms with E-state index in [0.717, 1.165) is 49.4 Å². The third-order valence-electron chi connectivity index (χ3n) is 6.76. The number of aromatic nitrogens is 3. The minimum absolute atomic E-state index is 0.152. The molecule has 0 unspecified atom stereocenters. The number of H-pyrrole nitrogens is 1. The van der Waals surface area contributed by atoms with Crippen LogP contribution < -0.4 is 5.32 Å². The molecule has 0 radical (unpaired) electrons. The summed E-state index contributed by atoms with van der Waals surface area (Å²) in [4.78, 5) is 29.2. The number of hydrogen-bond acceptors (Lipinski definition) is 6. The Morgan fingerprint density at radius 1 is 1.00 bits per heavy atom. The molecule has 8 nitrogen and oxygen atoms in total. The van der Waals surface area contributed by atoms with Gasteiger partial charge in [0.1, 0.15) is 17.5 Å². The van der Waals surface area contributed by atoms with Crippen molar-refractivity contribution in [1.82, 2.24) is 24.8 Å². The molecule has 0 bridgehead atoms. The molecule has 1 aliphatic rings. The number of nitrogens with one attached hydrogen (secondary N) is 2. The Hall–Kier alpha value is -4.76. The average Bonchev–Trinajstić information content (AvgIpc) is 3.45. The molecule has 8 heteroatoms. The van der Waals surface area contributed by atoms with Gasteiger partial charge >= 0.3 is 0 Å². The standard InChI is InChI=1S/C31H29N7O/c1-22-3-11-27(36-31(39)25-8-5-24(6-9-25)21-38-15-13-37(2)14-16-38)17-26(22)10-4-23-7-12-29(33-19-23)30-34-20-28(18-32)35-30/h3,5-9,11-12,17,19-20H,13-16,21H2,1-2H3,(H,34,35)(H,36,39). The van der Waals surface area contributed by atoms with E-state index in [4.69, 9.17) is 5.26 Å². The number of imidazole rings is 1. The van der Waals surface area contributed by atoms with Crippen molar-refractivity contribution in [1.29, 1.82) is 5.26 Å². The molecule has 39 heavy (non-hydrogen) atoms. The van der Waals surface area contributed by atoms with E-state index in [0.29, 0.717) is 28.5 Å². The molecule has 1 amide bonds. The van der Waals surface area contributed by atoms with E-state index in [1.165, 1.54) is 11.8 Å². The summed E-state index contributed by atoms with van der Waals surface area (Å²) in [6.07, 6.45) is 3.15. The van der Waals surface area contributed by atoms with Gasteiger partial charge in [-0.3, -0.25) is 14.7 Å². The summed E-state index contributed by atoms with van der Waals surface area (Å²) >= 11 is 0. The summed E-state index contributed by atoms with van der Waals surface area (Å²) in [6.45, 7) is 7.19. The number of piperazine rings is 1. The second-order valence-electron chi connectivity index (χ2n) is 9.70. The Labute approximate surface area is 228 Å². The lowest BCUT2D eigenvalue weighted by Crippen LogP contribution is -2.43. The Kier molecular flexibility index (Phi) is 7.79. The van der Waals surface area contributed by atoms with E-state index in [-0.39, 0.29) is 5.91 Å². The average molecular weight is 516 g/mol. The number of nitriles is 1. The minimum Gasteiger partial charge on any atom is -0.328 e. The molecule has 1 fully saturated rings. The van der Waals surface area contributed by atoms with Gasteiger partial charge in [0.15, 0.2) is 5.82 Å². The van der Waals surface area contributed by atoms with Gasteiger partial charge in [-0.2, -0.15) is 5.26 Å². The zero-order chi connectivity index (χ0) is 27.2. The predicted molar refractivity (Wildman–Crippen MR) is 151 cm³/mol. The minimum atomic E-state index is -0.152. The highest BCUT2D eigenvalue weighted by atomic mass is 16.1. The number of rotatable bonds is 5. The van der Waals surface area contributed by atoms with Crippen LogP contribution in [0.1, 0.15) is 38.3 Å². The van der Waals surface area contributed by atoms with Crippen LogP contribution in [0, 0.1) is 30.1 Å². The van der Waals surface area contributed by atoms with Crippen molar-refractivity contribution in [3.63, 3.8) is 0 Å². The third-order valence-corrected chi connectivity index (χ3v) is 6.76. The van der Waals surface area contributed by atoms with E-state index >= 15 is 0 Å². The lowest BCUT2D eigenvalue weighted by atomic mass is 10.1. The normalized spacial score (nSPS) is 13.8. The first-order valence-electron chi connectivity index (χ1n) is 12.8. The summed E-state index contributed by atoms with van der Waals surface area (Å²) in [5, 5.41) is 11.9. The first-order chi connectivity index (χ1) is 19.0. The summed E-state index contributed by atoms with van der Waals surface area (Å²) in [6, 6.07) is 19.2. The number of likely N-dealkylation sites (N-methyl/N-ethyl adjacent to an activating group) is 1. The fourth-order valence-electron chi connectivity index (χ4n) is 4.32. The maximum absolute atomic E-state index is 12.9. The van der Waals surface area contributed by atoms with Crippen molar-refractivity contribution < 1.29 is 4.79 Å². The van der Waals surface area contributed by atoms with Crippen LogP contribution in [0.25, 0.3) is 11.5 Å². The maximum Gasteiger partial charge on any atom is 0.255 e. The van der Waals surface area contributed by atoms with Gasteiger partial charge in [-0.25, -0.2) is 4.98 Å². The van der Waals surface area contributed by atoms with Crippen LogP contribution in [0.2, 0.25) is 0 Å². The second kappa shape index (κ2) is 11.7. The van der Waals surface area contributed by atoms with Crippen molar-refractivity contribution in [2.75, 3.05) is 38.5 Å². The van der Waals surface area contributed by atoms with Crippen LogP contribution in [0.3, 0.4) is 0 Å². The zero-order valence-corrected chi connectivity index (χ0v) is 22.0. The van der Waals surface area contributed by atoms with Crippen molar-refractivity contribution >= 4 is 11.6 Å². The topological polar surface area (TPSA) is 101 Å². The Balaban J connectivity index is 1.22. The van der Waals surface area contributed by atoms with Gasteiger partial charge in [-0.15, -0.1) is 0 Å². The van der Waals surface area contributed by atoms with Crippen molar-refractivity contribution in [2.45, 2.75) is 13.5 Å². The smallest absolute Gasteiger partial charge is 0.255 e. The number of anilines is 1. The number of amides is 1. The molecule has 194 valence electrons. The predicted octanol–water partition coefficient (Wildman–Crippen LogP) is 4.05. The lowest BCUT2D eigenvalue weighted by molar-refractivity contribution is 0.102. The largest absolute Gasteiger partial charge is 0.328 e. The van der Waals surface area contributed by atoms with E-state index in [9.17, 15) is 4.79 Å². The number of aryl methyl sites for hydroxylation is 1. The van der Waals surface area contributed by atoms with Gasteiger partial charge < -0.3 is 15.2 Å². The van der Waals surface area contributed by atoms with Crippen molar-refractivity contribution in [2.24, 2.45) is 0 Å². The Morgan fingerprint density at radius 2 is 1.79 bits per heavy atom. The fraction of sp³-hybridized carbons (Fsp3) is 0.226. The van der Waals surface area contributed by atoms with E-state index < -0.39 is 0 Å². The highest BCUT2D eigenvalue weighted by Gasteiger charge is 2.14. The van der Waals surface area contributed by atoms with E-state index in [1.54, 1.807) is 6.20 Å². The molecule has 0 spiro atoms. The number of hydrogen-bond donors (Lipinski definition) is 2. The molecular weight excluding hydrogens is 486 g/mol. The SMILES string of the molecule is Cc1ccc(NC(=O)c2ccc(CN3CCN(C)CC3)cc2)cc1C#Cc1ccc(-c2ncc(C#N)[nH]2)nc1. The molecule has 1 saturated heterocycles. The molecule has 5 rings (SSSR count). The molecule has 1 aliphatic heterocycles. The molecule has 2 aromatic carbocycles. The molecule has 0 atom stereocenters. The van der Waals surface area contributed by atoms with Crippen LogP contribution in [-0.4, -0.2) is 63.9 Å². The molecule has 4 aromatic rings. The highest BCUT2D eigenvalue weighted by molar-refractivity contribution is 6.04. The maximum atomic E-state index is 12.9. The summed E-state index contributed by atoms with van der Waals surface area (Å²) in [5.74, 6) is 6.71. The summed E-state index contributed by atoms with van der Waals surface area (Å²) in [7, 11) is 2.15. The van der Waals surface area contributed by atoms with Crippen molar-refractivity contribution in [3.05, 3.63) is 101 Å². The molecule has 0 aliphatic carbocycles. The molecule has 3 heterocycles. The number of carbonyl (C=O) groups is 1. The second-order valence-corrected chi connectivity index (χ2v) is 9.70. The third kappa shape index (κ3) is 6.58. The van der Waals surface area contributed by atoms with Crippen LogP contribution >= 0.6 is 0 Å². The molecular formula is C31H29N7O. The van der Waals surface area contributed by atoms with Crippen LogP contribution in [-0.2, 0) is 6.54 Å². The van der Waals surface area contributed by atoms with E-state index in [1.807, 2.05) is 67.6 Å². The fourth-order valence-corrected chi connectivity index (χ4v) is 4.32.